The van der Waals surface area contributed by atoms with E-state index in [4.69, 9.17) is 4.74 Å². The van der Waals surface area contributed by atoms with Gasteiger partial charge in [0.15, 0.2) is 0 Å². The largest absolute Gasteiger partial charge is 0.497 e. The van der Waals surface area contributed by atoms with Crippen molar-refractivity contribution in [3.63, 3.8) is 0 Å². The lowest BCUT2D eigenvalue weighted by Gasteiger charge is -2.36. The Balaban J connectivity index is 1.54. The number of hydrogen-bond acceptors (Lipinski definition) is 5. The highest BCUT2D eigenvalue weighted by Crippen LogP contribution is 2.34. The molecule has 2 aliphatic heterocycles. The standard InChI is InChI=1S/C21H20F3N3O4S/c1-31-16-6-2-4-14(12-16)18-19(28)26-20(25-18)8-10-27(11-9-20)32(29,30)17-7-3-5-15(13-17)21(22,23)24/h2-7,12-13H,8-11H2,1H3,(H,26,28). The number of halogens is 3. The minimum Gasteiger partial charge on any atom is -0.497 e. The van der Waals surface area contributed by atoms with Crippen molar-refractivity contribution in [1.82, 2.24) is 9.62 Å². The second kappa shape index (κ2) is 7.89. The van der Waals surface area contributed by atoms with Crippen molar-refractivity contribution in [2.24, 2.45) is 4.99 Å². The van der Waals surface area contributed by atoms with E-state index in [9.17, 15) is 26.4 Å². The van der Waals surface area contributed by atoms with Gasteiger partial charge in [0.25, 0.3) is 5.91 Å². The molecule has 0 saturated carbocycles. The summed E-state index contributed by atoms with van der Waals surface area (Å²) in [6, 6.07) is 10.6. The summed E-state index contributed by atoms with van der Waals surface area (Å²) in [6.07, 6.45) is -4.24. The van der Waals surface area contributed by atoms with Crippen LogP contribution in [0, 0.1) is 0 Å². The summed E-state index contributed by atoms with van der Waals surface area (Å²) < 4.78 is 71.1. The van der Waals surface area contributed by atoms with Crippen molar-refractivity contribution in [2.75, 3.05) is 20.2 Å². The number of nitrogens with zero attached hydrogens (tertiary/aromatic N) is 2. The third kappa shape index (κ3) is 4.09. The molecule has 2 aliphatic rings. The number of sulfonamides is 1. The molecule has 0 aromatic heterocycles. The number of alkyl halides is 3. The first-order valence-corrected chi connectivity index (χ1v) is 11.2. The van der Waals surface area contributed by atoms with Crippen LogP contribution in [-0.2, 0) is 21.0 Å². The molecule has 0 radical (unpaired) electrons. The quantitative estimate of drug-likeness (QED) is 0.749. The lowest BCUT2D eigenvalue weighted by molar-refractivity contribution is -0.137. The Morgan fingerprint density at radius 2 is 1.78 bits per heavy atom. The fourth-order valence-electron chi connectivity index (χ4n) is 3.84. The minimum absolute atomic E-state index is 0.00769. The van der Waals surface area contributed by atoms with E-state index in [2.05, 4.69) is 10.3 Å². The van der Waals surface area contributed by atoms with E-state index in [1.165, 1.54) is 7.11 Å². The van der Waals surface area contributed by atoms with Crippen LogP contribution in [0.25, 0.3) is 0 Å². The van der Waals surface area contributed by atoms with Gasteiger partial charge < -0.3 is 10.1 Å². The number of benzene rings is 2. The second-order valence-corrected chi connectivity index (χ2v) is 9.55. The van der Waals surface area contributed by atoms with Gasteiger partial charge in [-0.05, 0) is 30.3 Å². The first-order valence-electron chi connectivity index (χ1n) is 9.78. The summed E-state index contributed by atoms with van der Waals surface area (Å²) in [4.78, 5) is 16.7. The van der Waals surface area contributed by atoms with E-state index in [1.54, 1.807) is 24.3 Å². The third-order valence-corrected chi connectivity index (χ3v) is 7.47. The van der Waals surface area contributed by atoms with E-state index >= 15 is 0 Å². The Labute approximate surface area is 182 Å². The molecule has 1 N–H and O–H groups in total. The highest BCUT2D eigenvalue weighted by molar-refractivity contribution is 7.89. The predicted molar refractivity (Wildman–Crippen MR) is 110 cm³/mol. The van der Waals surface area contributed by atoms with Crippen molar-refractivity contribution in [1.29, 1.82) is 0 Å². The first-order chi connectivity index (χ1) is 15.0. The van der Waals surface area contributed by atoms with Crippen molar-refractivity contribution in [3.05, 3.63) is 59.7 Å². The number of amides is 1. The SMILES string of the molecule is COc1cccc(C2=NC3(CCN(S(=O)(=O)c4cccc(C(F)(F)F)c4)CC3)NC2=O)c1. The number of ether oxygens (including phenoxy) is 1. The number of aliphatic imine (C=N–C) groups is 1. The van der Waals surface area contributed by atoms with Gasteiger partial charge in [0.2, 0.25) is 10.0 Å². The highest BCUT2D eigenvalue weighted by atomic mass is 32.2. The van der Waals surface area contributed by atoms with Crippen molar-refractivity contribution in [3.8, 4) is 5.75 Å². The molecule has 0 aliphatic carbocycles. The van der Waals surface area contributed by atoms with Crippen LogP contribution in [0.1, 0.15) is 24.0 Å². The molecule has 1 amide bonds. The second-order valence-electron chi connectivity index (χ2n) is 7.61. The van der Waals surface area contributed by atoms with E-state index < -0.39 is 32.3 Å². The molecular formula is C21H20F3N3O4S. The van der Waals surface area contributed by atoms with Crippen LogP contribution in [0.2, 0.25) is 0 Å². The molecule has 2 heterocycles. The van der Waals surface area contributed by atoms with Crippen LogP contribution >= 0.6 is 0 Å². The monoisotopic (exact) mass is 467 g/mol. The van der Waals surface area contributed by atoms with E-state index in [0.717, 1.165) is 22.5 Å². The lowest BCUT2D eigenvalue weighted by atomic mass is 10.00. The maximum atomic E-state index is 13.0. The lowest BCUT2D eigenvalue weighted by Crippen LogP contribution is -2.52. The number of methoxy groups -OCH3 is 1. The highest BCUT2D eigenvalue weighted by Gasteiger charge is 2.44. The summed E-state index contributed by atoms with van der Waals surface area (Å²) >= 11 is 0. The molecule has 1 fully saturated rings. The van der Waals surface area contributed by atoms with Crippen LogP contribution in [0.5, 0.6) is 5.75 Å². The smallest absolute Gasteiger partial charge is 0.416 e. The Morgan fingerprint density at radius 1 is 1.09 bits per heavy atom. The van der Waals surface area contributed by atoms with Crippen molar-refractivity contribution in [2.45, 2.75) is 29.6 Å². The summed E-state index contributed by atoms with van der Waals surface area (Å²) in [5.74, 6) is 0.202. The van der Waals surface area contributed by atoms with Gasteiger partial charge in [-0.2, -0.15) is 17.5 Å². The Bertz CT molecular complexity index is 1190. The van der Waals surface area contributed by atoms with E-state index in [-0.39, 0.29) is 37.6 Å². The Morgan fingerprint density at radius 3 is 2.44 bits per heavy atom. The molecule has 2 aromatic rings. The Hall–Kier alpha value is -2.92. The van der Waals surface area contributed by atoms with Gasteiger partial charge in [-0.3, -0.25) is 9.79 Å². The number of carbonyl (C=O) groups excluding carboxylic acids is 1. The van der Waals surface area contributed by atoms with Crippen molar-refractivity contribution < 1.29 is 31.1 Å². The van der Waals surface area contributed by atoms with E-state index in [0.29, 0.717) is 17.4 Å². The molecule has 2 aromatic carbocycles. The zero-order valence-corrected chi connectivity index (χ0v) is 17.8. The average molecular weight is 467 g/mol. The van der Waals surface area contributed by atoms with Crippen LogP contribution in [-0.4, -0.2) is 50.2 Å². The zero-order valence-electron chi connectivity index (χ0n) is 17.0. The normalized spacial score (nSPS) is 19.0. The molecule has 11 heteroatoms. The maximum absolute atomic E-state index is 13.0. The molecular weight excluding hydrogens is 447 g/mol. The van der Waals surface area contributed by atoms with Gasteiger partial charge in [0, 0.05) is 31.5 Å². The van der Waals surface area contributed by atoms with Crippen LogP contribution < -0.4 is 10.1 Å². The Kier molecular flexibility index (Phi) is 5.49. The number of nitrogens with one attached hydrogen (secondary N) is 1. The van der Waals surface area contributed by atoms with Gasteiger partial charge in [-0.1, -0.05) is 18.2 Å². The summed E-state index contributed by atoms with van der Waals surface area (Å²) in [6.45, 7) is 0.0154. The average Bonchev–Trinajstić information content (AvgIpc) is 3.09. The molecule has 170 valence electrons. The van der Waals surface area contributed by atoms with Gasteiger partial charge in [-0.15, -0.1) is 0 Å². The summed E-state index contributed by atoms with van der Waals surface area (Å²) in [5, 5.41) is 2.84. The summed E-state index contributed by atoms with van der Waals surface area (Å²) in [5.41, 5.74) is -1.16. The fourth-order valence-corrected chi connectivity index (χ4v) is 5.33. The number of hydrogen-bond donors (Lipinski definition) is 1. The first kappa shape index (κ1) is 22.3. The van der Waals surface area contributed by atoms with Gasteiger partial charge in [0.1, 0.15) is 17.1 Å². The molecule has 1 saturated heterocycles. The van der Waals surface area contributed by atoms with Crippen molar-refractivity contribution >= 4 is 21.6 Å². The predicted octanol–water partition coefficient (Wildman–Crippen LogP) is 2.81. The van der Waals surface area contributed by atoms with Gasteiger partial charge >= 0.3 is 6.18 Å². The maximum Gasteiger partial charge on any atom is 0.416 e. The van der Waals surface area contributed by atoms with Gasteiger partial charge in [0.05, 0.1) is 17.6 Å². The molecule has 1 spiro atoms. The number of piperidine rings is 1. The van der Waals surface area contributed by atoms with Gasteiger partial charge in [-0.25, -0.2) is 8.42 Å². The molecule has 0 bridgehead atoms. The molecule has 4 rings (SSSR count). The molecule has 32 heavy (non-hydrogen) atoms. The minimum atomic E-state index is -4.64. The van der Waals surface area contributed by atoms with E-state index in [1.807, 2.05) is 0 Å². The topological polar surface area (TPSA) is 88.1 Å². The van der Waals surface area contributed by atoms with Crippen LogP contribution in [0.4, 0.5) is 13.2 Å². The number of rotatable bonds is 4. The number of carbonyl (C=O) groups is 1. The summed E-state index contributed by atoms with van der Waals surface area (Å²) in [7, 11) is -2.61. The third-order valence-electron chi connectivity index (χ3n) is 5.58. The molecule has 0 atom stereocenters. The molecule has 0 unspecified atom stereocenters. The van der Waals surface area contributed by atoms with Crippen LogP contribution in [0.15, 0.2) is 58.4 Å². The van der Waals surface area contributed by atoms with Crippen LogP contribution in [0.3, 0.4) is 0 Å². The molecule has 7 nitrogen and oxygen atoms in total. The zero-order chi connectivity index (χ0) is 23.1. The fraction of sp³-hybridized carbons (Fsp3) is 0.333.